The molecule has 2 heterocycles. The van der Waals surface area contributed by atoms with Gasteiger partial charge in [0.2, 0.25) is 5.91 Å². The first kappa shape index (κ1) is 24.8. The molecule has 0 radical (unpaired) electrons. The summed E-state index contributed by atoms with van der Waals surface area (Å²) in [4.78, 5) is 36.8. The molecule has 2 aromatic carbocycles. The molecule has 4 rings (SSSR count). The van der Waals surface area contributed by atoms with Crippen LogP contribution in [-0.2, 0) is 16.0 Å². The number of ether oxygens (including phenoxy) is 2. The minimum absolute atomic E-state index is 0.0797. The van der Waals surface area contributed by atoms with Gasteiger partial charge >= 0.3 is 0 Å². The number of thioether (sulfide) groups is 1. The molecule has 2 unspecified atom stereocenters. The van der Waals surface area contributed by atoms with Crippen LogP contribution in [0.5, 0.6) is 11.5 Å². The van der Waals surface area contributed by atoms with Crippen molar-refractivity contribution in [3.05, 3.63) is 53.6 Å². The summed E-state index contributed by atoms with van der Waals surface area (Å²) in [7, 11) is 3.19. The lowest BCUT2D eigenvalue weighted by Gasteiger charge is -2.25. The number of amidine groups is 2. The van der Waals surface area contributed by atoms with Gasteiger partial charge in [-0.25, -0.2) is 9.89 Å². The Labute approximate surface area is 209 Å². The number of nitrogens with zero attached hydrogens (tertiary/aromatic N) is 3. The number of hydrogen-bond donors (Lipinski definition) is 1. The Kier molecular flexibility index (Phi) is 7.75. The molecule has 0 fully saturated rings. The van der Waals surface area contributed by atoms with Gasteiger partial charge in [0.1, 0.15) is 11.9 Å². The Morgan fingerprint density at radius 1 is 1.17 bits per heavy atom. The number of aliphatic imine (C=N–C) groups is 2. The SMILES string of the molecule is CCC(C)C1N=C2c3ccccc3N=C(SCC(=O)NCCc3ccc(OC)c(OC)c3)N2C1=O. The minimum Gasteiger partial charge on any atom is -0.493 e. The van der Waals surface area contributed by atoms with E-state index in [1.165, 1.54) is 11.8 Å². The van der Waals surface area contributed by atoms with Crippen LogP contribution in [0.15, 0.2) is 52.4 Å². The molecule has 0 saturated heterocycles. The third-order valence-corrected chi connectivity index (χ3v) is 7.14. The largest absolute Gasteiger partial charge is 0.493 e. The maximum atomic E-state index is 13.2. The molecular weight excluding hydrogens is 464 g/mol. The number of amides is 2. The van der Waals surface area contributed by atoms with Crippen molar-refractivity contribution in [2.24, 2.45) is 15.9 Å². The summed E-state index contributed by atoms with van der Waals surface area (Å²) in [5.74, 6) is 2.02. The van der Waals surface area contributed by atoms with E-state index in [2.05, 4.69) is 12.2 Å². The number of para-hydroxylation sites is 1. The van der Waals surface area contributed by atoms with Crippen LogP contribution >= 0.6 is 11.8 Å². The number of carbonyl (C=O) groups is 2. The van der Waals surface area contributed by atoms with Crippen molar-refractivity contribution in [3.63, 3.8) is 0 Å². The van der Waals surface area contributed by atoms with Crippen LogP contribution in [0.3, 0.4) is 0 Å². The second-order valence-corrected chi connectivity index (χ2v) is 9.39. The van der Waals surface area contributed by atoms with Crippen LogP contribution in [0.4, 0.5) is 5.69 Å². The van der Waals surface area contributed by atoms with E-state index in [0.29, 0.717) is 35.5 Å². The molecule has 184 valence electrons. The molecule has 9 heteroatoms. The summed E-state index contributed by atoms with van der Waals surface area (Å²) in [6.45, 7) is 4.57. The van der Waals surface area contributed by atoms with E-state index in [1.807, 2.05) is 49.4 Å². The number of rotatable bonds is 9. The van der Waals surface area contributed by atoms with Gasteiger partial charge in [0, 0.05) is 12.1 Å². The number of nitrogens with one attached hydrogen (secondary N) is 1. The van der Waals surface area contributed by atoms with Gasteiger partial charge < -0.3 is 14.8 Å². The maximum Gasteiger partial charge on any atom is 0.259 e. The van der Waals surface area contributed by atoms with Gasteiger partial charge in [-0.3, -0.25) is 14.6 Å². The lowest BCUT2D eigenvalue weighted by Crippen LogP contribution is -2.42. The van der Waals surface area contributed by atoms with Crippen LogP contribution in [-0.4, -0.2) is 60.3 Å². The van der Waals surface area contributed by atoms with Gasteiger partial charge in [0.25, 0.3) is 5.91 Å². The van der Waals surface area contributed by atoms with Crippen molar-refractivity contribution in [1.82, 2.24) is 10.2 Å². The van der Waals surface area contributed by atoms with Gasteiger partial charge in [-0.2, -0.15) is 0 Å². The van der Waals surface area contributed by atoms with Gasteiger partial charge in [-0.1, -0.05) is 50.2 Å². The highest BCUT2D eigenvalue weighted by molar-refractivity contribution is 8.14. The van der Waals surface area contributed by atoms with E-state index in [4.69, 9.17) is 19.5 Å². The fourth-order valence-electron chi connectivity index (χ4n) is 4.02. The van der Waals surface area contributed by atoms with Gasteiger partial charge in [0.05, 0.1) is 25.7 Å². The molecule has 0 aromatic heterocycles. The predicted molar refractivity (Wildman–Crippen MR) is 139 cm³/mol. The number of benzene rings is 2. The summed E-state index contributed by atoms with van der Waals surface area (Å²) in [5, 5.41) is 3.44. The zero-order valence-electron chi connectivity index (χ0n) is 20.4. The number of methoxy groups -OCH3 is 2. The number of fused-ring (bicyclic) bond motifs is 3. The topological polar surface area (TPSA) is 92.6 Å². The molecule has 2 aliphatic rings. The molecular formula is C26H30N4O4S. The number of hydrogen-bond acceptors (Lipinski definition) is 7. The van der Waals surface area contributed by atoms with Gasteiger partial charge in [-0.05, 0) is 42.2 Å². The summed E-state index contributed by atoms with van der Waals surface area (Å²) in [6, 6.07) is 12.9. The summed E-state index contributed by atoms with van der Waals surface area (Å²) in [6.07, 6.45) is 1.51. The van der Waals surface area contributed by atoms with Crippen molar-refractivity contribution in [2.75, 3.05) is 26.5 Å². The first-order chi connectivity index (χ1) is 17.0. The van der Waals surface area contributed by atoms with E-state index in [0.717, 1.165) is 23.2 Å². The predicted octanol–water partition coefficient (Wildman–Crippen LogP) is 3.80. The molecule has 0 aliphatic carbocycles. The minimum atomic E-state index is -0.428. The van der Waals surface area contributed by atoms with E-state index in [9.17, 15) is 9.59 Å². The molecule has 2 aliphatic heterocycles. The standard InChI is InChI=1S/C26H30N4O4S/c1-5-16(2)23-25(32)30-24(29-23)18-8-6-7-9-19(18)28-26(30)35-15-22(31)27-13-12-17-10-11-20(33-3)21(14-17)34-4/h6-11,14,16,23H,5,12-13,15H2,1-4H3,(H,27,31). The van der Waals surface area contributed by atoms with Gasteiger partial charge in [0.15, 0.2) is 16.7 Å². The van der Waals surface area contributed by atoms with Crippen molar-refractivity contribution in [2.45, 2.75) is 32.7 Å². The highest BCUT2D eigenvalue weighted by Gasteiger charge is 2.43. The van der Waals surface area contributed by atoms with Crippen molar-refractivity contribution < 1.29 is 19.1 Å². The third-order valence-electron chi connectivity index (χ3n) is 6.20. The highest BCUT2D eigenvalue weighted by atomic mass is 32.2. The summed E-state index contributed by atoms with van der Waals surface area (Å²) >= 11 is 1.25. The van der Waals surface area contributed by atoms with E-state index < -0.39 is 6.04 Å². The number of carbonyl (C=O) groups excluding carboxylic acids is 2. The first-order valence-electron chi connectivity index (χ1n) is 11.7. The Morgan fingerprint density at radius 3 is 2.69 bits per heavy atom. The Balaban J connectivity index is 1.39. The van der Waals surface area contributed by atoms with E-state index >= 15 is 0 Å². The molecule has 0 spiro atoms. The lowest BCUT2D eigenvalue weighted by molar-refractivity contribution is -0.125. The van der Waals surface area contributed by atoms with Crippen molar-refractivity contribution in [3.8, 4) is 11.5 Å². The monoisotopic (exact) mass is 494 g/mol. The third kappa shape index (κ3) is 5.19. The average molecular weight is 495 g/mol. The summed E-state index contributed by atoms with van der Waals surface area (Å²) in [5.41, 5.74) is 2.63. The Bertz CT molecular complexity index is 1180. The van der Waals surface area contributed by atoms with Crippen LogP contribution in [0, 0.1) is 5.92 Å². The normalized spacial score (nSPS) is 17.2. The van der Waals surface area contributed by atoms with E-state index in [-0.39, 0.29) is 23.5 Å². The average Bonchev–Trinajstić information content (AvgIpc) is 3.24. The van der Waals surface area contributed by atoms with E-state index in [1.54, 1.807) is 19.1 Å². The lowest BCUT2D eigenvalue weighted by atomic mass is 10.00. The quantitative estimate of drug-likeness (QED) is 0.572. The first-order valence-corrected chi connectivity index (χ1v) is 12.7. The summed E-state index contributed by atoms with van der Waals surface area (Å²) < 4.78 is 10.6. The van der Waals surface area contributed by atoms with Gasteiger partial charge in [-0.15, -0.1) is 0 Å². The Hall–Kier alpha value is -3.33. The fraction of sp³-hybridized carbons (Fsp3) is 0.385. The molecule has 2 amide bonds. The Morgan fingerprint density at radius 2 is 1.94 bits per heavy atom. The van der Waals surface area contributed by atoms with Crippen LogP contribution in [0.1, 0.15) is 31.4 Å². The molecule has 2 atom stereocenters. The molecule has 0 bridgehead atoms. The zero-order chi connectivity index (χ0) is 24.9. The fourth-order valence-corrected chi connectivity index (χ4v) is 4.85. The molecule has 1 N–H and O–H groups in total. The van der Waals surface area contributed by atoms with Crippen LogP contribution < -0.4 is 14.8 Å². The molecule has 35 heavy (non-hydrogen) atoms. The van der Waals surface area contributed by atoms with Crippen LogP contribution in [0.2, 0.25) is 0 Å². The molecule has 8 nitrogen and oxygen atoms in total. The molecule has 2 aromatic rings. The van der Waals surface area contributed by atoms with Crippen LogP contribution in [0.25, 0.3) is 0 Å². The smallest absolute Gasteiger partial charge is 0.259 e. The maximum absolute atomic E-state index is 13.2. The second kappa shape index (κ2) is 10.9. The molecule has 0 saturated carbocycles. The van der Waals surface area contributed by atoms with Crippen molar-refractivity contribution in [1.29, 1.82) is 0 Å². The highest BCUT2D eigenvalue weighted by Crippen LogP contribution is 2.35. The zero-order valence-corrected chi connectivity index (χ0v) is 21.2. The van der Waals surface area contributed by atoms with Crippen molar-refractivity contribution >= 4 is 40.3 Å². The second-order valence-electron chi connectivity index (χ2n) is 8.45.